The lowest BCUT2D eigenvalue weighted by Gasteiger charge is -2.27. The summed E-state index contributed by atoms with van der Waals surface area (Å²) in [5.74, 6) is 2.69. The average molecular weight is 343 g/mol. The molecular formula is C20H29N3O2. The zero-order valence-corrected chi connectivity index (χ0v) is 14.9. The quantitative estimate of drug-likeness (QED) is 0.762. The van der Waals surface area contributed by atoms with Crippen molar-refractivity contribution in [2.45, 2.75) is 56.9 Å². The maximum absolute atomic E-state index is 12.1. The molecule has 1 aromatic heterocycles. The predicted octanol–water partition coefficient (Wildman–Crippen LogP) is 2.62. The highest BCUT2D eigenvalue weighted by Crippen LogP contribution is 2.49. The molecule has 5 nitrogen and oxygen atoms in total. The van der Waals surface area contributed by atoms with Crippen LogP contribution in [0.2, 0.25) is 0 Å². The van der Waals surface area contributed by atoms with Gasteiger partial charge < -0.3 is 15.4 Å². The van der Waals surface area contributed by atoms with Gasteiger partial charge in [0, 0.05) is 24.7 Å². The molecule has 2 saturated carbocycles. The Morgan fingerprint density at radius 1 is 1.28 bits per heavy atom. The first-order chi connectivity index (χ1) is 12.3. The number of hydrogen-bond acceptors (Lipinski definition) is 4. The van der Waals surface area contributed by atoms with Crippen molar-refractivity contribution in [3.8, 4) is 5.75 Å². The summed E-state index contributed by atoms with van der Waals surface area (Å²) in [6.45, 7) is 2.65. The second-order valence-corrected chi connectivity index (χ2v) is 7.87. The second-order valence-electron chi connectivity index (χ2n) is 7.87. The van der Waals surface area contributed by atoms with Gasteiger partial charge in [-0.2, -0.15) is 0 Å². The summed E-state index contributed by atoms with van der Waals surface area (Å²) in [5, 5.41) is 6.48. The van der Waals surface area contributed by atoms with Gasteiger partial charge in [0.15, 0.2) is 0 Å². The molecule has 2 aliphatic carbocycles. The van der Waals surface area contributed by atoms with E-state index in [9.17, 15) is 4.79 Å². The lowest BCUT2D eigenvalue weighted by Crippen LogP contribution is -2.46. The number of carbonyl (C=O) groups is 1. The minimum Gasteiger partial charge on any atom is -0.490 e. The smallest absolute Gasteiger partial charge is 0.223 e. The molecule has 2 heterocycles. The molecule has 2 N–H and O–H groups in total. The van der Waals surface area contributed by atoms with E-state index in [1.807, 2.05) is 6.20 Å². The maximum atomic E-state index is 12.1. The first-order valence-electron chi connectivity index (χ1n) is 9.88. The van der Waals surface area contributed by atoms with Gasteiger partial charge in [-0.15, -0.1) is 0 Å². The van der Waals surface area contributed by atoms with Crippen molar-refractivity contribution in [1.82, 2.24) is 15.6 Å². The maximum Gasteiger partial charge on any atom is 0.223 e. The minimum absolute atomic E-state index is 0.274. The van der Waals surface area contributed by atoms with Crippen molar-refractivity contribution in [3.63, 3.8) is 0 Å². The zero-order valence-electron chi connectivity index (χ0n) is 14.9. The second kappa shape index (κ2) is 7.73. The van der Waals surface area contributed by atoms with E-state index < -0.39 is 0 Å². The average Bonchev–Trinajstić information content (AvgIpc) is 3.14. The third-order valence-corrected chi connectivity index (χ3v) is 6.00. The van der Waals surface area contributed by atoms with Gasteiger partial charge in [-0.25, -0.2) is 0 Å². The van der Waals surface area contributed by atoms with Gasteiger partial charge in [0.2, 0.25) is 5.91 Å². The summed E-state index contributed by atoms with van der Waals surface area (Å²) >= 11 is 0. The van der Waals surface area contributed by atoms with E-state index >= 15 is 0 Å². The Bertz CT molecular complexity index is 596. The van der Waals surface area contributed by atoms with Crippen LogP contribution in [-0.2, 0) is 4.79 Å². The van der Waals surface area contributed by atoms with Crippen molar-refractivity contribution >= 4 is 5.91 Å². The fraction of sp³-hybridized carbons (Fsp3) is 0.700. The Hall–Kier alpha value is -1.62. The van der Waals surface area contributed by atoms with Crippen molar-refractivity contribution in [2.24, 2.45) is 11.8 Å². The molecule has 1 aromatic rings. The van der Waals surface area contributed by atoms with Gasteiger partial charge in [0.1, 0.15) is 12.4 Å². The normalized spacial score (nSPS) is 28.4. The first kappa shape index (κ1) is 16.8. The third kappa shape index (κ3) is 4.32. The Morgan fingerprint density at radius 3 is 2.88 bits per heavy atom. The van der Waals surface area contributed by atoms with E-state index in [1.165, 1.54) is 31.2 Å². The molecule has 3 unspecified atom stereocenters. The molecule has 1 saturated heterocycles. The van der Waals surface area contributed by atoms with Gasteiger partial charge >= 0.3 is 0 Å². The Morgan fingerprint density at radius 2 is 2.12 bits per heavy atom. The number of pyridine rings is 1. The Kier molecular flexibility index (Phi) is 5.20. The van der Waals surface area contributed by atoms with Gasteiger partial charge in [-0.3, -0.25) is 9.78 Å². The van der Waals surface area contributed by atoms with Crippen molar-refractivity contribution < 1.29 is 9.53 Å². The van der Waals surface area contributed by atoms with Gasteiger partial charge in [-0.05, 0) is 62.1 Å². The molecule has 3 atom stereocenters. The van der Waals surface area contributed by atoms with Crippen LogP contribution in [0.4, 0.5) is 0 Å². The minimum atomic E-state index is 0.274. The molecule has 4 rings (SSSR count). The van der Waals surface area contributed by atoms with Crippen LogP contribution in [0.1, 0.15) is 56.4 Å². The highest BCUT2D eigenvalue weighted by molar-refractivity contribution is 5.78. The largest absolute Gasteiger partial charge is 0.490 e. The zero-order chi connectivity index (χ0) is 17.1. The number of rotatable bonds is 8. The van der Waals surface area contributed by atoms with E-state index in [2.05, 4.69) is 21.7 Å². The predicted molar refractivity (Wildman–Crippen MR) is 96.6 cm³/mol. The van der Waals surface area contributed by atoms with Crippen LogP contribution >= 0.6 is 0 Å². The monoisotopic (exact) mass is 343 g/mol. The summed E-state index contributed by atoms with van der Waals surface area (Å²) < 4.78 is 5.85. The number of hydrogen-bond donors (Lipinski definition) is 2. The van der Waals surface area contributed by atoms with Crippen LogP contribution in [0, 0.1) is 11.8 Å². The van der Waals surface area contributed by atoms with E-state index in [-0.39, 0.29) is 11.8 Å². The molecule has 0 aromatic carbocycles. The highest BCUT2D eigenvalue weighted by atomic mass is 16.5. The van der Waals surface area contributed by atoms with E-state index in [1.54, 1.807) is 6.20 Å². The number of nitrogens with one attached hydrogen (secondary N) is 2. The fourth-order valence-electron chi connectivity index (χ4n) is 4.09. The van der Waals surface area contributed by atoms with Crippen LogP contribution in [0.15, 0.2) is 18.5 Å². The van der Waals surface area contributed by atoms with Crippen LogP contribution in [0.25, 0.3) is 0 Å². The van der Waals surface area contributed by atoms with Crippen LogP contribution in [0.5, 0.6) is 5.75 Å². The van der Waals surface area contributed by atoms with E-state index in [0.29, 0.717) is 17.9 Å². The van der Waals surface area contributed by atoms with Gasteiger partial charge in [0.05, 0.1) is 6.20 Å². The highest BCUT2D eigenvalue weighted by Gasteiger charge is 2.38. The molecule has 1 aliphatic heterocycles. The Labute approximate surface area is 149 Å². The van der Waals surface area contributed by atoms with E-state index in [4.69, 9.17) is 4.74 Å². The van der Waals surface area contributed by atoms with Crippen molar-refractivity contribution in [2.75, 3.05) is 19.7 Å². The summed E-state index contributed by atoms with van der Waals surface area (Å²) in [4.78, 5) is 16.4. The van der Waals surface area contributed by atoms with Crippen molar-refractivity contribution in [3.05, 3.63) is 24.0 Å². The fourth-order valence-corrected chi connectivity index (χ4v) is 4.09. The first-order valence-corrected chi connectivity index (χ1v) is 9.88. The molecule has 136 valence electrons. The molecule has 0 bridgehead atoms. The molecule has 3 fully saturated rings. The molecule has 5 heteroatoms. The summed E-state index contributed by atoms with van der Waals surface area (Å²) in [5.41, 5.74) is 1.28. The Balaban J connectivity index is 1.19. The van der Waals surface area contributed by atoms with Crippen molar-refractivity contribution in [1.29, 1.82) is 0 Å². The SMILES string of the molecule is O=C(NCCC1CC1c1cncc(OCC2CCN2)c1)C1CCCC1. The molecule has 25 heavy (non-hydrogen) atoms. The summed E-state index contributed by atoms with van der Waals surface area (Å²) in [6.07, 6.45) is 11.8. The lowest BCUT2D eigenvalue weighted by molar-refractivity contribution is -0.124. The van der Waals surface area contributed by atoms with Crippen LogP contribution in [-0.4, -0.2) is 36.6 Å². The van der Waals surface area contributed by atoms with Gasteiger partial charge in [0.25, 0.3) is 0 Å². The lowest BCUT2D eigenvalue weighted by atomic mass is 10.1. The topological polar surface area (TPSA) is 63.2 Å². The molecular weight excluding hydrogens is 314 g/mol. The third-order valence-electron chi connectivity index (χ3n) is 6.00. The standard InChI is InChI=1S/C20H29N3O2/c24-20(14-3-1-2-4-14)23-7-5-15-10-19(15)16-9-18(12-21-11-16)25-13-17-6-8-22-17/h9,11-12,14-15,17,19,22H,1-8,10,13H2,(H,23,24). The number of nitrogens with zero attached hydrogens (tertiary/aromatic N) is 1. The molecule has 3 aliphatic rings. The number of aromatic nitrogens is 1. The molecule has 1 amide bonds. The number of carbonyl (C=O) groups excluding carboxylic acids is 1. The van der Waals surface area contributed by atoms with Crippen LogP contribution in [0.3, 0.4) is 0 Å². The van der Waals surface area contributed by atoms with Crippen LogP contribution < -0.4 is 15.4 Å². The number of amides is 1. The summed E-state index contributed by atoms with van der Waals surface area (Å²) in [7, 11) is 0. The van der Waals surface area contributed by atoms with Gasteiger partial charge in [-0.1, -0.05) is 12.8 Å². The molecule has 0 radical (unpaired) electrons. The summed E-state index contributed by atoms with van der Waals surface area (Å²) in [6, 6.07) is 2.65. The number of ether oxygens (including phenoxy) is 1. The molecule has 0 spiro atoms. The van der Waals surface area contributed by atoms with E-state index in [0.717, 1.165) is 44.7 Å².